The predicted molar refractivity (Wildman–Crippen MR) is 75.1 cm³/mol. The topological polar surface area (TPSA) is 69.8 Å². The molecule has 1 aromatic heterocycles. The van der Waals surface area contributed by atoms with Gasteiger partial charge in [-0.2, -0.15) is 5.10 Å². The van der Waals surface area contributed by atoms with Crippen LogP contribution in [0, 0.1) is 6.92 Å². The average Bonchev–Trinajstić information content (AvgIpc) is 2.81. The first-order chi connectivity index (χ1) is 9.24. The Morgan fingerprint density at radius 2 is 2.11 bits per heavy atom. The van der Waals surface area contributed by atoms with Crippen molar-refractivity contribution in [3.05, 3.63) is 47.7 Å². The van der Waals surface area contributed by atoms with E-state index in [1.165, 1.54) is 5.56 Å². The number of anilines is 1. The zero-order valence-electron chi connectivity index (χ0n) is 10.9. The van der Waals surface area contributed by atoms with E-state index in [0.29, 0.717) is 12.4 Å². The van der Waals surface area contributed by atoms with Gasteiger partial charge in [-0.1, -0.05) is 30.3 Å². The number of benzene rings is 1. The number of aromatic nitrogens is 2. The summed E-state index contributed by atoms with van der Waals surface area (Å²) >= 11 is 0. The van der Waals surface area contributed by atoms with Gasteiger partial charge in [0.25, 0.3) is 0 Å². The van der Waals surface area contributed by atoms with Crippen LogP contribution in [0.4, 0.5) is 10.6 Å². The number of carbonyl (C=O) groups excluding carboxylic acids is 1. The second-order valence-electron chi connectivity index (χ2n) is 4.41. The fourth-order valence-electron chi connectivity index (χ4n) is 1.78. The van der Waals surface area contributed by atoms with Gasteiger partial charge in [-0.15, -0.1) is 0 Å². The highest BCUT2D eigenvalue weighted by atomic mass is 16.2. The minimum absolute atomic E-state index is 0.223. The zero-order valence-corrected chi connectivity index (χ0v) is 10.9. The third-order valence-electron chi connectivity index (χ3n) is 2.72. The molecule has 0 unspecified atom stereocenters. The summed E-state index contributed by atoms with van der Waals surface area (Å²) in [5, 5.41) is 12.2. The van der Waals surface area contributed by atoms with E-state index in [1.54, 1.807) is 6.07 Å². The van der Waals surface area contributed by atoms with Crippen molar-refractivity contribution in [1.29, 1.82) is 0 Å². The van der Waals surface area contributed by atoms with Crippen molar-refractivity contribution >= 4 is 11.8 Å². The van der Waals surface area contributed by atoms with Crippen molar-refractivity contribution in [2.45, 2.75) is 19.8 Å². The van der Waals surface area contributed by atoms with Crippen LogP contribution in [0.15, 0.2) is 36.4 Å². The Morgan fingerprint density at radius 3 is 2.79 bits per heavy atom. The third-order valence-corrected chi connectivity index (χ3v) is 2.72. The maximum Gasteiger partial charge on any atom is 0.320 e. The lowest BCUT2D eigenvalue weighted by molar-refractivity contribution is 0.252. The van der Waals surface area contributed by atoms with E-state index < -0.39 is 0 Å². The Morgan fingerprint density at radius 1 is 1.32 bits per heavy atom. The summed E-state index contributed by atoms with van der Waals surface area (Å²) in [4.78, 5) is 11.6. The van der Waals surface area contributed by atoms with E-state index in [1.807, 2.05) is 25.1 Å². The van der Waals surface area contributed by atoms with Crippen LogP contribution in [0.3, 0.4) is 0 Å². The Labute approximate surface area is 112 Å². The molecule has 0 radical (unpaired) electrons. The molecule has 0 aliphatic carbocycles. The van der Waals surface area contributed by atoms with Gasteiger partial charge in [0.2, 0.25) is 0 Å². The van der Waals surface area contributed by atoms with Crippen LogP contribution in [0.25, 0.3) is 0 Å². The Bertz CT molecular complexity index is 521. The monoisotopic (exact) mass is 258 g/mol. The lowest BCUT2D eigenvalue weighted by Crippen LogP contribution is -2.29. The average molecular weight is 258 g/mol. The van der Waals surface area contributed by atoms with Crippen molar-refractivity contribution in [1.82, 2.24) is 15.5 Å². The van der Waals surface area contributed by atoms with E-state index >= 15 is 0 Å². The van der Waals surface area contributed by atoms with Crippen LogP contribution in [-0.4, -0.2) is 22.8 Å². The van der Waals surface area contributed by atoms with E-state index in [0.717, 1.165) is 18.5 Å². The first-order valence-electron chi connectivity index (χ1n) is 6.35. The number of rotatable bonds is 5. The van der Waals surface area contributed by atoms with Crippen molar-refractivity contribution in [2.24, 2.45) is 0 Å². The molecule has 2 aromatic rings. The molecule has 1 aromatic carbocycles. The second kappa shape index (κ2) is 6.58. The van der Waals surface area contributed by atoms with Crippen LogP contribution in [0.5, 0.6) is 0 Å². The Kier molecular flexibility index (Phi) is 4.55. The van der Waals surface area contributed by atoms with E-state index in [2.05, 4.69) is 33.0 Å². The highest BCUT2D eigenvalue weighted by molar-refractivity contribution is 5.88. The molecule has 0 aliphatic heterocycles. The normalized spacial score (nSPS) is 10.2. The summed E-state index contributed by atoms with van der Waals surface area (Å²) in [6.07, 6.45) is 1.87. The molecule has 2 rings (SSSR count). The summed E-state index contributed by atoms with van der Waals surface area (Å²) < 4.78 is 0. The Balaban J connectivity index is 1.64. The van der Waals surface area contributed by atoms with Crippen molar-refractivity contribution < 1.29 is 4.79 Å². The minimum Gasteiger partial charge on any atom is -0.338 e. The van der Waals surface area contributed by atoms with Crippen LogP contribution < -0.4 is 10.6 Å². The van der Waals surface area contributed by atoms with Gasteiger partial charge < -0.3 is 5.32 Å². The molecule has 19 heavy (non-hydrogen) atoms. The van der Waals surface area contributed by atoms with Gasteiger partial charge in [0.05, 0.1) is 0 Å². The van der Waals surface area contributed by atoms with Gasteiger partial charge in [-0.3, -0.25) is 10.4 Å². The van der Waals surface area contributed by atoms with E-state index in [9.17, 15) is 4.79 Å². The number of hydrogen-bond acceptors (Lipinski definition) is 2. The number of nitrogens with zero attached hydrogens (tertiary/aromatic N) is 1. The number of aryl methyl sites for hydroxylation is 2. The molecule has 1 heterocycles. The molecule has 0 aliphatic rings. The van der Waals surface area contributed by atoms with Crippen LogP contribution in [-0.2, 0) is 6.42 Å². The molecule has 100 valence electrons. The number of carbonyl (C=O) groups is 1. The fraction of sp³-hybridized carbons (Fsp3) is 0.286. The molecule has 0 atom stereocenters. The molecule has 5 nitrogen and oxygen atoms in total. The molecule has 2 amide bonds. The van der Waals surface area contributed by atoms with Gasteiger partial charge in [-0.25, -0.2) is 4.79 Å². The predicted octanol–water partition coefficient (Wildman–Crippen LogP) is 2.47. The summed E-state index contributed by atoms with van der Waals surface area (Å²) in [5.74, 6) is 0.540. The van der Waals surface area contributed by atoms with Gasteiger partial charge >= 0.3 is 6.03 Å². The molecule has 0 saturated carbocycles. The maximum atomic E-state index is 11.6. The summed E-state index contributed by atoms with van der Waals surface area (Å²) in [5.41, 5.74) is 2.20. The van der Waals surface area contributed by atoms with Gasteiger partial charge in [0, 0.05) is 18.3 Å². The van der Waals surface area contributed by atoms with Gasteiger partial charge in [-0.05, 0) is 25.3 Å². The first-order valence-corrected chi connectivity index (χ1v) is 6.35. The van der Waals surface area contributed by atoms with Crippen molar-refractivity contribution in [3.63, 3.8) is 0 Å². The van der Waals surface area contributed by atoms with Crippen LogP contribution in [0.1, 0.15) is 17.7 Å². The molecule has 0 fully saturated rings. The quantitative estimate of drug-likeness (QED) is 0.721. The van der Waals surface area contributed by atoms with Gasteiger partial charge in [0.15, 0.2) is 5.82 Å². The number of urea groups is 1. The van der Waals surface area contributed by atoms with Crippen molar-refractivity contribution in [3.8, 4) is 0 Å². The molecule has 5 heteroatoms. The molecule has 0 saturated heterocycles. The lowest BCUT2D eigenvalue weighted by Gasteiger charge is -2.05. The standard InChI is InChI=1S/C14H18N4O/c1-11-10-13(18-17-11)16-14(19)15-9-5-8-12-6-3-2-4-7-12/h2-4,6-7,10H,5,8-9H2,1H3,(H3,15,16,17,18,19). The molecular formula is C14H18N4O. The highest BCUT2D eigenvalue weighted by Gasteiger charge is 2.03. The summed E-state index contributed by atoms with van der Waals surface area (Å²) in [7, 11) is 0. The number of hydrogen-bond donors (Lipinski definition) is 3. The SMILES string of the molecule is Cc1cc(NC(=O)NCCCc2ccccc2)n[nH]1. The third kappa shape index (κ3) is 4.46. The zero-order chi connectivity index (χ0) is 13.5. The minimum atomic E-state index is -0.223. The second-order valence-corrected chi connectivity index (χ2v) is 4.41. The van der Waals surface area contributed by atoms with Crippen LogP contribution in [0.2, 0.25) is 0 Å². The number of H-pyrrole nitrogens is 1. The number of amides is 2. The molecule has 3 N–H and O–H groups in total. The first kappa shape index (κ1) is 13.1. The van der Waals surface area contributed by atoms with E-state index in [4.69, 9.17) is 0 Å². The molecule has 0 spiro atoms. The van der Waals surface area contributed by atoms with E-state index in [-0.39, 0.29) is 6.03 Å². The molecular weight excluding hydrogens is 240 g/mol. The van der Waals surface area contributed by atoms with Crippen molar-refractivity contribution in [2.75, 3.05) is 11.9 Å². The smallest absolute Gasteiger partial charge is 0.320 e. The van der Waals surface area contributed by atoms with Gasteiger partial charge in [0.1, 0.15) is 0 Å². The highest BCUT2D eigenvalue weighted by Crippen LogP contribution is 2.03. The molecule has 0 bridgehead atoms. The largest absolute Gasteiger partial charge is 0.338 e. The number of aromatic amines is 1. The Hall–Kier alpha value is -2.30. The summed E-state index contributed by atoms with van der Waals surface area (Å²) in [6, 6.07) is 11.8. The van der Waals surface area contributed by atoms with Crippen LogP contribution >= 0.6 is 0 Å². The summed E-state index contributed by atoms with van der Waals surface area (Å²) in [6.45, 7) is 2.53. The fourth-order valence-corrected chi connectivity index (χ4v) is 1.78. The number of nitrogens with one attached hydrogen (secondary N) is 3. The maximum absolute atomic E-state index is 11.6. The lowest BCUT2D eigenvalue weighted by atomic mass is 10.1.